The lowest BCUT2D eigenvalue weighted by Gasteiger charge is -2.13. The third kappa shape index (κ3) is 2.97. The molecule has 0 bridgehead atoms. The number of carboxylic acids is 1. The smallest absolute Gasteiger partial charge is 0.308 e. The average molecular weight is 284 g/mol. The van der Waals surface area contributed by atoms with Crippen molar-refractivity contribution in [1.82, 2.24) is 9.36 Å². The molecule has 6 nitrogen and oxygen atoms in total. The van der Waals surface area contributed by atoms with Gasteiger partial charge in [-0.3, -0.25) is 4.79 Å². The van der Waals surface area contributed by atoms with Gasteiger partial charge in [0.2, 0.25) is 11.1 Å². The molecule has 0 radical (unpaired) electrons. The molecule has 1 aliphatic heterocycles. The van der Waals surface area contributed by atoms with Crippen molar-refractivity contribution in [1.29, 1.82) is 0 Å². The lowest BCUT2D eigenvalue weighted by atomic mass is 9.92. The number of nitrogens with zero attached hydrogens (tertiary/aromatic N) is 4. The van der Waals surface area contributed by atoms with Crippen LogP contribution in [0.15, 0.2) is 0 Å². The summed E-state index contributed by atoms with van der Waals surface area (Å²) >= 11 is 1.34. The fraction of sp³-hybridized carbons (Fsp3) is 0.750. The van der Waals surface area contributed by atoms with Gasteiger partial charge < -0.3 is 14.9 Å². The first-order valence-corrected chi connectivity index (χ1v) is 7.29. The predicted octanol–water partition coefficient (Wildman–Crippen LogP) is 1.54. The Labute approximate surface area is 117 Å². The maximum atomic E-state index is 11.3. The van der Waals surface area contributed by atoms with Gasteiger partial charge in [-0.15, -0.1) is 0 Å². The van der Waals surface area contributed by atoms with E-state index in [4.69, 9.17) is 0 Å². The standard InChI is InChI=1S/C12H20N4O2S/c1-4-5-8-6-16(7-9(8)10(17)18)12-13-11(14-19-12)15(2)3/h8-9H,4-7H2,1-3H3,(H,17,18)/t8-,9-/m1/s1. The molecule has 0 spiro atoms. The monoisotopic (exact) mass is 284 g/mol. The molecular formula is C12H20N4O2S. The van der Waals surface area contributed by atoms with E-state index in [-0.39, 0.29) is 11.8 Å². The van der Waals surface area contributed by atoms with Crippen LogP contribution < -0.4 is 9.80 Å². The van der Waals surface area contributed by atoms with Crippen LogP contribution in [0.4, 0.5) is 11.1 Å². The van der Waals surface area contributed by atoms with Gasteiger partial charge in [0.05, 0.1) is 5.92 Å². The van der Waals surface area contributed by atoms with E-state index in [1.165, 1.54) is 11.5 Å². The van der Waals surface area contributed by atoms with Crippen LogP contribution >= 0.6 is 11.5 Å². The Kier molecular flexibility index (Phi) is 4.24. The Hall–Kier alpha value is -1.37. The molecule has 1 fully saturated rings. The number of aromatic nitrogens is 2. The van der Waals surface area contributed by atoms with Crippen LogP contribution in [0.25, 0.3) is 0 Å². The third-order valence-electron chi connectivity index (χ3n) is 3.49. The van der Waals surface area contributed by atoms with Gasteiger partial charge in [-0.2, -0.15) is 9.36 Å². The van der Waals surface area contributed by atoms with E-state index >= 15 is 0 Å². The van der Waals surface area contributed by atoms with Crippen LogP contribution in [0.5, 0.6) is 0 Å². The second-order valence-corrected chi connectivity index (χ2v) is 5.90. The minimum Gasteiger partial charge on any atom is -0.481 e. The predicted molar refractivity (Wildman–Crippen MR) is 76.0 cm³/mol. The molecule has 0 amide bonds. The first-order chi connectivity index (χ1) is 9.02. The van der Waals surface area contributed by atoms with Crippen molar-refractivity contribution in [2.45, 2.75) is 19.8 Å². The molecule has 1 aliphatic rings. The van der Waals surface area contributed by atoms with Crippen LogP contribution in [0.3, 0.4) is 0 Å². The molecule has 106 valence electrons. The molecule has 7 heteroatoms. The largest absolute Gasteiger partial charge is 0.481 e. The molecule has 0 aliphatic carbocycles. The second-order valence-electron chi connectivity index (χ2n) is 5.17. The Bertz CT molecular complexity index is 449. The number of carbonyl (C=O) groups is 1. The highest BCUT2D eigenvalue weighted by molar-refractivity contribution is 7.09. The SMILES string of the molecule is CCC[C@@H]1CN(c2nc(N(C)C)ns2)C[C@H]1C(=O)O. The summed E-state index contributed by atoms with van der Waals surface area (Å²) in [5.41, 5.74) is 0. The van der Waals surface area contributed by atoms with E-state index in [0.29, 0.717) is 12.5 Å². The van der Waals surface area contributed by atoms with Crippen molar-refractivity contribution < 1.29 is 9.90 Å². The number of carboxylic acid groups (broad SMARTS) is 1. The molecule has 2 atom stereocenters. The van der Waals surface area contributed by atoms with Crippen LogP contribution in [-0.2, 0) is 4.79 Å². The van der Waals surface area contributed by atoms with Crippen molar-refractivity contribution in [3.05, 3.63) is 0 Å². The highest BCUT2D eigenvalue weighted by Crippen LogP contribution is 2.32. The minimum absolute atomic E-state index is 0.217. The Morgan fingerprint density at radius 2 is 2.26 bits per heavy atom. The van der Waals surface area contributed by atoms with Crippen molar-refractivity contribution >= 4 is 28.6 Å². The number of hydrogen-bond donors (Lipinski definition) is 1. The van der Waals surface area contributed by atoms with Crippen molar-refractivity contribution in [2.24, 2.45) is 11.8 Å². The molecule has 0 saturated carbocycles. The second kappa shape index (κ2) is 5.73. The summed E-state index contributed by atoms with van der Waals surface area (Å²) in [5.74, 6) is -0.0787. The average Bonchev–Trinajstić information content (AvgIpc) is 2.94. The quantitative estimate of drug-likeness (QED) is 0.884. The summed E-state index contributed by atoms with van der Waals surface area (Å²) in [6, 6.07) is 0. The van der Waals surface area contributed by atoms with Gasteiger partial charge in [0.25, 0.3) is 0 Å². The summed E-state index contributed by atoms with van der Waals surface area (Å²) < 4.78 is 4.27. The zero-order valence-corrected chi connectivity index (χ0v) is 12.4. The minimum atomic E-state index is -0.696. The van der Waals surface area contributed by atoms with E-state index in [9.17, 15) is 9.90 Å². The van der Waals surface area contributed by atoms with Gasteiger partial charge in [-0.1, -0.05) is 13.3 Å². The topological polar surface area (TPSA) is 69.6 Å². The van der Waals surface area contributed by atoms with Gasteiger partial charge in [0, 0.05) is 38.7 Å². The van der Waals surface area contributed by atoms with Crippen LogP contribution in [0.1, 0.15) is 19.8 Å². The maximum Gasteiger partial charge on any atom is 0.308 e. The number of aliphatic carboxylic acids is 1. The molecule has 2 rings (SSSR count). The van der Waals surface area contributed by atoms with Crippen molar-refractivity contribution in [2.75, 3.05) is 37.0 Å². The van der Waals surface area contributed by atoms with Gasteiger partial charge in [-0.25, -0.2) is 0 Å². The fourth-order valence-electron chi connectivity index (χ4n) is 2.49. The molecule has 0 unspecified atom stereocenters. The van der Waals surface area contributed by atoms with Gasteiger partial charge in [0.15, 0.2) is 0 Å². The highest BCUT2D eigenvalue weighted by Gasteiger charge is 2.38. The molecule has 1 aromatic heterocycles. The lowest BCUT2D eigenvalue weighted by Crippen LogP contribution is -2.23. The van der Waals surface area contributed by atoms with Crippen molar-refractivity contribution in [3.8, 4) is 0 Å². The summed E-state index contributed by atoms with van der Waals surface area (Å²) in [4.78, 5) is 19.7. The van der Waals surface area contributed by atoms with Gasteiger partial charge in [-0.05, 0) is 12.3 Å². The summed E-state index contributed by atoms with van der Waals surface area (Å²) in [6.45, 7) is 3.41. The normalized spacial score (nSPS) is 22.8. The first-order valence-electron chi connectivity index (χ1n) is 6.51. The molecule has 2 heterocycles. The van der Waals surface area contributed by atoms with Gasteiger partial charge >= 0.3 is 5.97 Å². The van der Waals surface area contributed by atoms with E-state index < -0.39 is 5.97 Å². The highest BCUT2D eigenvalue weighted by atomic mass is 32.1. The molecule has 19 heavy (non-hydrogen) atoms. The van der Waals surface area contributed by atoms with E-state index in [2.05, 4.69) is 21.2 Å². The number of rotatable bonds is 5. The van der Waals surface area contributed by atoms with Crippen LogP contribution in [-0.4, -0.2) is 47.6 Å². The summed E-state index contributed by atoms with van der Waals surface area (Å²) in [6.07, 6.45) is 1.97. The first kappa shape index (κ1) is 14.0. The van der Waals surface area contributed by atoms with E-state index in [1.807, 2.05) is 19.0 Å². The Balaban J connectivity index is 2.11. The number of anilines is 2. The summed E-state index contributed by atoms with van der Waals surface area (Å²) in [5, 5.41) is 10.1. The fourth-order valence-corrected chi connectivity index (χ4v) is 3.24. The Morgan fingerprint density at radius 1 is 1.53 bits per heavy atom. The van der Waals surface area contributed by atoms with E-state index in [0.717, 1.165) is 24.5 Å². The molecule has 0 aromatic carbocycles. The molecule has 1 aromatic rings. The Morgan fingerprint density at radius 3 is 2.79 bits per heavy atom. The molecule has 1 N–H and O–H groups in total. The van der Waals surface area contributed by atoms with Crippen molar-refractivity contribution in [3.63, 3.8) is 0 Å². The summed E-state index contributed by atoms with van der Waals surface area (Å²) in [7, 11) is 3.80. The van der Waals surface area contributed by atoms with Gasteiger partial charge in [0.1, 0.15) is 0 Å². The number of hydrogen-bond acceptors (Lipinski definition) is 6. The lowest BCUT2D eigenvalue weighted by molar-refractivity contribution is -0.142. The maximum absolute atomic E-state index is 11.3. The third-order valence-corrected chi connectivity index (χ3v) is 4.26. The zero-order chi connectivity index (χ0) is 14.0. The molecule has 1 saturated heterocycles. The van der Waals surface area contributed by atoms with E-state index in [1.54, 1.807) is 0 Å². The van der Waals surface area contributed by atoms with Crippen LogP contribution in [0, 0.1) is 11.8 Å². The van der Waals surface area contributed by atoms with Crippen LogP contribution in [0.2, 0.25) is 0 Å². The zero-order valence-electron chi connectivity index (χ0n) is 11.5. The molecular weight excluding hydrogens is 264 g/mol.